The van der Waals surface area contributed by atoms with Gasteiger partial charge >= 0.3 is 0 Å². The van der Waals surface area contributed by atoms with Crippen molar-refractivity contribution in [2.24, 2.45) is 0 Å². The third kappa shape index (κ3) is 3.29. The number of rotatable bonds is 3. The average Bonchev–Trinajstić information content (AvgIpc) is 1.68. The van der Waals surface area contributed by atoms with Crippen molar-refractivity contribution in [3.63, 3.8) is 0 Å². The smallest absolute Gasteiger partial charge is 0.0355 e. The van der Waals surface area contributed by atoms with E-state index in [9.17, 15) is 0 Å². The van der Waals surface area contributed by atoms with Crippen molar-refractivity contribution in [2.75, 3.05) is 14.1 Å². The van der Waals surface area contributed by atoms with Crippen LogP contribution < -0.4 is 5.48 Å². The quantitative estimate of drug-likeness (QED) is 0.512. The minimum atomic E-state index is 1.46. The molecule has 0 saturated carbocycles. The average molecular weight is 102 g/mol. The van der Waals surface area contributed by atoms with Crippen molar-refractivity contribution in [3.8, 4) is 0 Å². The molecule has 0 radical (unpaired) electrons. The fourth-order valence-electron chi connectivity index (χ4n) is 0.181. The van der Waals surface area contributed by atoms with Gasteiger partial charge in [0.15, 0.2) is 0 Å². The topological polar surface area (TPSA) is 24.5 Å². The Morgan fingerprint density at radius 3 is 2.57 bits per heavy atom. The molecule has 7 heavy (non-hydrogen) atoms. The van der Waals surface area contributed by atoms with E-state index >= 15 is 0 Å². The van der Waals surface area contributed by atoms with E-state index in [4.69, 9.17) is 0 Å². The van der Waals surface area contributed by atoms with Gasteiger partial charge in [-0.3, -0.25) is 0 Å². The highest BCUT2D eigenvalue weighted by atomic mass is 16.8. The Balaban J connectivity index is 2.98. The molecule has 0 heterocycles. The highest BCUT2D eigenvalue weighted by Crippen LogP contribution is 1.75. The second-order valence-electron chi connectivity index (χ2n) is 1.02. The van der Waals surface area contributed by atoms with Crippen LogP contribution in [0.1, 0.15) is 0 Å². The van der Waals surface area contributed by atoms with Gasteiger partial charge in [-0.15, -0.1) is 0 Å². The molecule has 3 nitrogen and oxygen atoms in total. The third-order valence-electron chi connectivity index (χ3n) is 0.492. The molecule has 0 atom stereocenters. The Morgan fingerprint density at radius 2 is 2.43 bits per heavy atom. The van der Waals surface area contributed by atoms with Gasteiger partial charge in [0.1, 0.15) is 0 Å². The maximum Gasteiger partial charge on any atom is 0.0355 e. The van der Waals surface area contributed by atoms with E-state index in [1.54, 1.807) is 20.3 Å². The molecule has 0 amide bonds. The van der Waals surface area contributed by atoms with Crippen LogP contribution in [-0.4, -0.2) is 19.2 Å². The van der Waals surface area contributed by atoms with Crippen molar-refractivity contribution in [1.29, 1.82) is 0 Å². The number of hydrogen-bond donors (Lipinski definition) is 1. The van der Waals surface area contributed by atoms with Crippen LogP contribution in [0.2, 0.25) is 0 Å². The Kier molecular flexibility index (Phi) is 3.36. The van der Waals surface area contributed by atoms with E-state index in [0.29, 0.717) is 0 Å². The lowest BCUT2D eigenvalue weighted by atomic mass is 11.0. The second kappa shape index (κ2) is 3.64. The summed E-state index contributed by atoms with van der Waals surface area (Å²) < 4.78 is 0. The molecular weight excluding hydrogens is 92.1 g/mol. The minimum Gasteiger partial charge on any atom is -0.246 e. The molecule has 0 aromatic heterocycles. The summed E-state index contributed by atoms with van der Waals surface area (Å²) in [6.07, 6.45) is 1.55. The zero-order valence-electron chi connectivity index (χ0n) is 4.64. The lowest BCUT2D eigenvalue weighted by Crippen LogP contribution is -2.19. The molecular formula is C4H10N2O. The van der Waals surface area contributed by atoms with E-state index < -0.39 is 0 Å². The first-order chi connectivity index (χ1) is 3.31. The van der Waals surface area contributed by atoms with E-state index in [0.717, 1.165) is 0 Å². The van der Waals surface area contributed by atoms with Crippen LogP contribution in [0, 0.1) is 0 Å². The van der Waals surface area contributed by atoms with Gasteiger partial charge in [0.2, 0.25) is 0 Å². The summed E-state index contributed by atoms with van der Waals surface area (Å²) in [5.74, 6) is 0. The van der Waals surface area contributed by atoms with Gasteiger partial charge in [-0.1, -0.05) is 6.58 Å². The predicted octanol–water partition coefficient (Wildman–Crippen LogP) is 0.128. The van der Waals surface area contributed by atoms with Gasteiger partial charge in [0, 0.05) is 20.3 Å². The second-order valence-corrected chi connectivity index (χ2v) is 1.02. The van der Waals surface area contributed by atoms with Gasteiger partial charge in [-0.25, -0.2) is 5.06 Å². The lowest BCUT2D eigenvalue weighted by Gasteiger charge is -2.09. The molecule has 0 aliphatic carbocycles. The van der Waals surface area contributed by atoms with E-state index in [1.165, 1.54) is 5.06 Å². The molecule has 0 aromatic carbocycles. The number of hydroxylamine groups is 3. The van der Waals surface area contributed by atoms with Crippen molar-refractivity contribution in [3.05, 3.63) is 12.8 Å². The molecule has 42 valence electrons. The monoisotopic (exact) mass is 102 g/mol. The third-order valence-corrected chi connectivity index (χ3v) is 0.492. The summed E-state index contributed by atoms with van der Waals surface area (Å²) in [6, 6.07) is 0. The summed E-state index contributed by atoms with van der Waals surface area (Å²) in [7, 11) is 3.42. The Bertz CT molecular complexity index is 55.7. The molecule has 0 aliphatic heterocycles. The molecule has 0 saturated heterocycles. The number of nitrogens with zero attached hydrogens (tertiary/aromatic N) is 1. The standard InChI is InChI=1S/C4H10N2O/c1-4-6(3)7-5-2/h4-5H,1H2,2-3H3. The van der Waals surface area contributed by atoms with Crippen molar-refractivity contribution in [1.82, 2.24) is 10.5 Å². The molecule has 0 unspecified atom stereocenters. The molecule has 1 N–H and O–H groups in total. The largest absolute Gasteiger partial charge is 0.246 e. The molecule has 3 heteroatoms. The highest BCUT2D eigenvalue weighted by molar-refractivity contribution is 4.55. The minimum absolute atomic E-state index is 1.46. The van der Waals surface area contributed by atoms with Crippen LogP contribution in [0.4, 0.5) is 0 Å². The van der Waals surface area contributed by atoms with E-state index in [-0.39, 0.29) is 0 Å². The first-order valence-electron chi connectivity index (χ1n) is 2.00. The van der Waals surface area contributed by atoms with Crippen LogP contribution in [0.15, 0.2) is 12.8 Å². The van der Waals surface area contributed by atoms with Crippen LogP contribution >= 0.6 is 0 Å². The van der Waals surface area contributed by atoms with Crippen molar-refractivity contribution < 1.29 is 4.94 Å². The zero-order chi connectivity index (χ0) is 5.70. The van der Waals surface area contributed by atoms with Gasteiger partial charge in [0.25, 0.3) is 0 Å². The Hall–Kier alpha value is -0.540. The molecule has 0 aliphatic rings. The summed E-state index contributed by atoms with van der Waals surface area (Å²) >= 11 is 0. The van der Waals surface area contributed by atoms with Gasteiger partial charge in [0.05, 0.1) is 0 Å². The lowest BCUT2D eigenvalue weighted by molar-refractivity contribution is -0.152. The van der Waals surface area contributed by atoms with Crippen molar-refractivity contribution >= 4 is 0 Å². The summed E-state index contributed by atoms with van der Waals surface area (Å²) in [4.78, 5) is 4.66. The van der Waals surface area contributed by atoms with Crippen LogP contribution in [0.25, 0.3) is 0 Å². The van der Waals surface area contributed by atoms with E-state index in [1.807, 2.05) is 0 Å². The molecule has 0 rings (SSSR count). The van der Waals surface area contributed by atoms with Crippen LogP contribution in [0.3, 0.4) is 0 Å². The van der Waals surface area contributed by atoms with Crippen LogP contribution in [-0.2, 0) is 4.94 Å². The molecule has 0 fully saturated rings. The maximum absolute atomic E-state index is 4.66. The first-order valence-corrected chi connectivity index (χ1v) is 2.00. The molecule has 0 bridgehead atoms. The maximum atomic E-state index is 4.66. The molecule has 0 spiro atoms. The Morgan fingerprint density at radius 1 is 1.86 bits per heavy atom. The summed E-state index contributed by atoms with van der Waals surface area (Å²) in [5.41, 5.74) is 2.47. The van der Waals surface area contributed by atoms with E-state index in [2.05, 4.69) is 17.0 Å². The summed E-state index contributed by atoms with van der Waals surface area (Å²) in [5, 5.41) is 1.46. The first kappa shape index (κ1) is 6.46. The Labute approximate surface area is 43.5 Å². The van der Waals surface area contributed by atoms with Crippen molar-refractivity contribution in [2.45, 2.75) is 0 Å². The predicted molar refractivity (Wildman–Crippen MR) is 28.1 cm³/mol. The SMILES string of the molecule is C=CN(C)ONC. The number of nitrogens with one attached hydrogen (secondary N) is 1. The fourth-order valence-corrected chi connectivity index (χ4v) is 0.181. The van der Waals surface area contributed by atoms with Gasteiger partial charge in [-0.05, 0) is 0 Å². The zero-order valence-corrected chi connectivity index (χ0v) is 4.64. The highest BCUT2D eigenvalue weighted by Gasteiger charge is 1.79. The normalized spacial score (nSPS) is 8.29. The fraction of sp³-hybridized carbons (Fsp3) is 0.500. The molecule has 0 aromatic rings. The van der Waals surface area contributed by atoms with Gasteiger partial charge in [-0.2, -0.15) is 10.4 Å². The summed E-state index contributed by atoms with van der Waals surface area (Å²) in [6.45, 7) is 3.44. The van der Waals surface area contributed by atoms with Crippen LogP contribution in [0.5, 0.6) is 0 Å². The van der Waals surface area contributed by atoms with Gasteiger partial charge < -0.3 is 0 Å². The number of hydrogen-bond acceptors (Lipinski definition) is 3.